The number of carbonyl (C=O) groups is 1. The van der Waals surface area contributed by atoms with Crippen LogP contribution in [0.2, 0.25) is 10.0 Å². The molecule has 1 aromatic rings. The molecule has 0 bridgehead atoms. The minimum atomic E-state index is -0.276. The van der Waals surface area contributed by atoms with Crippen LogP contribution in [0.15, 0.2) is 18.2 Å². The minimum Gasteiger partial charge on any atom is -0.464 e. The Morgan fingerprint density at radius 1 is 1.33 bits per heavy atom. The van der Waals surface area contributed by atoms with Crippen LogP contribution in [0.5, 0.6) is 0 Å². The second-order valence-electron chi connectivity index (χ2n) is 3.28. The van der Waals surface area contributed by atoms with E-state index in [0.29, 0.717) is 23.1 Å². The van der Waals surface area contributed by atoms with E-state index in [1.54, 1.807) is 18.2 Å². The molecule has 1 aliphatic heterocycles. The molecule has 1 N–H and O–H groups in total. The molecule has 1 aliphatic rings. The third-order valence-corrected chi connectivity index (χ3v) is 2.93. The van der Waals surface area contributed by atoms with Crippen LogP contribution in [-0.4, -0.2) is 18.6 Å². The second kappa shape index (κ2) is 4.29. The van der Waals surface area contributed by atoms with Gasteiger partial charge < -0.3 is 10.1 Å². The zero-order chi connectivity index (χ0) is 10.8. The van der Waals surface area contributed by atoms with E-state index in [1.165, 1.54) is 0 Å². The number of cyclic esters (lactones) is 1. The molecule has 1 aromatic carbocycles. The Kier molecular flexibility index (Phi) is 3.03. The van der Waals surface area contributed by atoms with Crippen molar-refractivity contribution in [3.05, 3.63) is 28.2 Å². The lowest BCUT2D eigenvalue weighted by Gasteiger charge is -2.10. The number of hydrogen-bond donors (Lipinski definition) is 1. The Morgan fingerprint density at radius 2 is 2.13 bits per heavy atom. The van der Waals surface area contributed by atoms with Gasteiger partial charge in [-0.2, -0.15) is 0 Å². The molecule has 1 heterocycles. The SMILES string of the molecule is O=C1OCCC1Nc1ccc(Cl)c(Cl)c1. The first-order valence-corrected chi connectivity index (χ1v) is 5.30. The fourth-order valence-corrected chi connectivity index (χ4v) is 1.71. The molecule has 1 atom stereocenters. The lowest BCUT2D eigenvalue weighted by molar-refractivity contribution is -0.138. The molecule has 80 valence electrons. The summed E-state index contributed by atoms with van der Waals surface area (Å²) in [5.41, 5.74) is 0.772. The number of anilines is 1. The maximum atomic E-state index is 11.2. The van der Waals surface area contributed by atoms with Crippen LogP contribution in [0.25, 0.3) is 0 Å². The summed E-state index contributed by atoms with van der Waals surface area (Å²) in [6, 6.07) is 4.88. The van der Waals surface area contributed by atoms with Gasteiger partial charge in [-0.05, 0) is 18.2 Å². The van der Waals surface area contributed by atoms with Crippen molar-refractivity contribution < 1.29 is 9.53 Å². The summed E-state index contributed by atoms with van der Waals surface area (Å²) in [5, 5.41) is 4.00. The fourth-order valence-electron chi connectivity index (χ4n) is 1.41. The average Bonchev–Trinajstić information content (AvgIpc) is 2.59. The number of ether oxygens (including phenoxy) is 1. The van der Waals surface area contributed by atoms with E-state index in [2.05, 4.69) is 5.32 Å². The van der Waals surface area contributed by atoms with Crippen molar-refractivity contribution in [3.8, 4) is 0 Å². The number of nitrogens with one attached hydrogen (secondary N) is 1. The highest BCUT2D eigenvalue weighted by atomic mass is 35.5. The van der Waals surface area contributed by atoms with Gasteiger partial charge in [0.1, 0.15) is 6.04 Å². The highest BCUT2D eigenvalue weighted by molar-refractivity contribution is 6.42. The number of rotatable bonds is 2. The second-order valence-corrected chi connectivity index (χ2v) is 4.10. The van der Waals surface area contributed by atoms with E-state index in [-0.39, 0.29) is 12.0 Å². The molecule has 15 heavy (non-hydrogen) atoms. The lowest BCUT2D eigenvalue weighted by atomic mass is 10.2. The highest BCUT2D eigenvalue weighted by Crippen LogP contribution is 2.26. The van der Waals surface area contributed by atoms with Crippen molar-refractivity contribution in [3.63, 3.8) is 0 Å². The third-order valence-electron chi connectivity index (χ3n) is 2.20. The summed E-state index contributed by atoms with van der Waals surface area (Å²) in [4.78, 5) is 11.2. The van der Waals surface area contributed by atoms with Gasteiger partial charge in [0.2, 0.25) is 0 Å². The molecule has 0 amide bonds. The molecule has 2 rings (SSSR count). The molecule has 0 radical (unpaired) electrons. The van der Waals surface area contributed by atoms with Crippen molar-refractivity contribution in [2.24, 2.45) is 0 Å². The van der Waals surface area contributed by atoms with E-state index < -0.39 is 0 Å². The quantitative estimate of drug-likeness (QED) is 0.815. The molecule has 1 saturated heterocycles. The average molecular weight is 246 g/mol. The maximum absolute atomic E-state index is 11.2. The predicted molar refractivity (Wildman–Crippen MR) is 59.4 cm³/mol. The molecule has 0 saturated carbocycles. The summed E-state index contributed by atoms with van der Waals surface area (Å²) >= 11 is 11.6. The first-order chi connectivity index (χ1) is 7.16. The predicted octanol–water partition coefficient (Wildman–Crippen LogP) is 2.72. The van der Waals surface area contributed by atoms with Crippen LogP contribution in [0, 0.1) is 0 Å². The zero-order valence-corrected chi connectivity index (χ0v) is 9.31. The van der Waals surface area contributed by atoms with Crippen LogP contribution in [0.4, 0.5) is 5.69 Å². The fraction of sp³-hybridized carbons (Fsp3) is 0.300. The van der Waals surface area contributed by atoms with Crippen LogP contribution >= 0.6 is 23.2 Å². The number of carbonyl (C=O) groups excluding carboxylic acids is 1. The van der Waals surface area contributed by atoms with Gasteiger partial charge in [0.15, 0.2) is 0 Å². The lowest BCUT2D eigenvalue weighted by Crippen LogP contribution is -2.24. The Balaban J connectivity index is 2.10. The highest BCUT2D eigenvalue weighted by Gasteiger charge is 2.26. The topological polar surface area (TPSA) is 38.3 Å². The first kappa shape index (κ1) is 10.6. The summed E-state index contributed by atoms with van der Waals surface area (Å²) < 4.78 is 4.83. The minimum absolute atomic E-state index is 0.221. The molecule has 3 nitrogen and oxygen atoms in total. The molecule has 1 fully saturated rings. The van der Waals surface area contributed by atoms with Crippen LogP contribution < -0.4 is 5.32 Å². The monoisotopic (exact) mass is 245 g/mol. The molecule has 0 spiro atoms. The number of esters is 1. The van der Waals surface area contributed by atoms with Gasteiger partial charge in [-0.3, -0.25) is 0 Å². The smallest absolute Gasteiger partial charge is 0.328 e. The van der Waals surface area contributed by atoms with Crippen molar-refractivity contribution in [2.75, 3.05) is 11.9 Å². The van der Waals surface area contributed by atoms with Gasteiger partial charge in [-0.25, -0.2) is 4.79 Å². The van der Waals surface area contributed by atoms with E-state index in [4.69, 9.17) is 27.9 Å². The largest absolute Gasteiger partial charge is 0.464 e. The summed E-state index contributed by atoms with van der Waals surface area (Å²) in [6.07, 6.45) is 0.680. The van der Waals surface area contributed by atoms with Gasteiger partial charge in [-0.1, -0.05) is 23.2 Å². The molecule has 5 heteroatoms. The van der Waals surface area contributed by atoms with Gasteiger partial charge in [-0.15, -0.1) is 0 Å². The Morgan fingerprint density at radius 3 is 2.73 bits per heavy atom. The van der Waals surface area contributed by atoms with E-state index in [1.807, 2.05) is 0 Å². The Bertz CT molecular complexity index is 395. The zero-order valence-electron chi connectivity index (χ0n) is 7.80. The van der Waals surface area contributed by atoms with Crippen LogP contribution in [0.3, 0.4) is 0 Å². The van der Waals surface area contributed by atoms with Crippen LogP contribution in [-0.2, 0) is 9.53 Å². The Labute approximate surface area is 97.3 Å². The van der Waals surface area contributed by atoms with E-state index in [0.717, 1.165) is 5.69 Å². The Hall–Kier alpha value is -0.930. The van der Waals surface area contributed by atoms with Gasteiger partial charge in [0.25, 0.3) is 0 Å². The standard InChI is InChI=1S/C10H9Cl2NO2/c11-7-2-1-6(5-8(7)12)13-9-3-4-15-10(9)14/h1-2,5,9,13H,3-4H2. The normalized spacial score (nSPS) is 20.1. The summed E-state index contributed by atoms with van der Waals surface area (Å²) in [5.74, 6) is -0.221. The molecular formula is C10H9Cl2NO2. The third kappa shape index (κ3) is 2.36. The maximum Gasteiger partial charge on any atom is 0.328 e. The number of benzene rings is 1. The summed E-state index contributed by atoms with van der Waals surface area (Å²) in [7, 11) is 0. The van der Waals surface area contributed by atoms with Crippen molar-refractivity contribution >= 4 is 34.9 Å². The van der Waals surface area contributed by atoms with Gasteiger partial charge >= 0.3 is 5.97 Å². The van der Waals surface area contributed by atoms with Gasteiger partial charge in [0.05, 0.1) is 16.7 Å². The van der Waals surface area contributed by atoms with E-state index in [9.17, 15) is 4.79 Å². The molecule has 0 aliphatic carbocycles. The van der Waals surface area contributed by atoms with Crippen molar-refractivity contribution in [2.45, 2.75) is 12.5 Å². The number of hydrogen-bond acceptors (Lipinski definition) is 3. The van der Waals surface area contributed by atoms with Crippen molar-refractivity contribution in [1.29, 1.82) is 0 Å². The molecule has 0 aromatic heterocycles. The number of halogens is 2. The van der Waals surface area contributed by atoms with Crippen molar-refractivity contribution in [1.82, 2.24) is 0 Å². The van der Waals surface area contributed by atoms with Gasteiger partial charge in [0, 0.05) is 12.1 Å². The first-order valence-electron chi connectivity index (χ1n) is 4.55. The summed E-state index contributed by atoms with van der Waals surface area (Å²) in [6.45, 7) is 0.470. The molecular weight excluding hydrogens is 237 g/mol. The van der Waals surface area contributed by atoms with E-state index >= 15 is 0 Å². The molecule has 1 unspecified atom stereocenters. The van der Waals surface area contributed by atoms with Crippen LogP contribution in [0.1, 0.15) is 6.42 Å².